The van der Waals surface area contributed by atoms with Crippen LogP contribution in [0.4, 0.5) is 0 Å². The summed E-state index contributed by atoms with van der Waals surface area (Å²) in [5.41, 5.74) is 11.2. The van der Waals surface area contributed by atoms with Crippen molar-refractivity contribution in [2.75, 3.05) is 0 Å². The zero-order valence-corrected chi connectivity index (χ0v) is 26.5. The van der Waals surface area contributed by atoms with Gasteiger partial charge in [0.1, 0.15) is 0 Å². The van der Waals surface area contributed by atoms with Crippen LogP contribution in [0.1, 0.15) is 48.8 Å². The minimum absolute atomic E-state index is 0.0325. The Labute approximate surface area is 280 Å². The predicted octanol–water partition coefficient (Wildman–Crippen LogP) is 10.8. The van der Waals surface area contributed by atoms with Crippen LogP contribution in [0.5, 0.6) is 0 Å². The second kappa shape index (κ2) is 11.4. The molecule has 1 saturated carbocycles. The summed E-state index contributed by atoms with van der Waals surface area (Å²) in [6, 6.07) is 48.9. The molecule has 2 aliphatic carbocycles. The molecule has 0 atom stereocenters. The molecular formula is C44H32N4. The van der Waals surface area contributed by atoms with Gasteiger partial charge in [0.2, 0.25) is 0 Å². The Bertz CT molecular complexity index is 2380. The molecule has 0 N–H and O–H groups in total. The van der Waals surface area contributed by atoms with Crippen LogP contribution in [0.15, 0.2) is 133 Å². The third-order valence-corrected chi connectivity index (χ3v) is 10.3. The molecule has 7 aromatic rings. The number of fused-ring (bicyclic) bond motifs is 6. The van der Waals surface area contributed by atoms with Crippen molar-refractivity contribution in [2.45, 2.75) is 37.5 Å². The average Bonchev–Trinajstić information content (AvgIpc) is 3.43. The van der Waals surface area contributed by atoms with Crippen LogP contribution in [0.3, 0.4) is 0 Å². The molecule has 6 aromatic carbocycles. The van der Waals surface area contributed by atoms with E-state index in [0.717, 1.165) is 40.5 Å². The van der Waals surface area contributed by atoms with E-state index in [0.29, 0.717) is 23.0 Å². The zero-order valence-electron chi connectivity index (χ0n) is 26.5. The van der Waals surface area contributed by atoms with Crippen molar-refractivity contribution in [1.82, 2.24) is 15.0 Å². The second-order valence-corrected chi connectivity index (χ2v) is 13.1. The molecule has 0 unspecified atom stereocenters. The summed E-state index contributed by atoms with van der Waals surface area (Å²) in [5, 5.41) is 12.1. The number of benzene rings is 6. The second-order valence-electron chi connectivity index (χ2n) is 13.1. The Morgan fingerprint density at radius 3 is 1.88 bits per heavy atom. The van der Waals surface area contributed by atoms with Crippen molar-refractivity contribution in [3.63, 3.8) is 0 Å². The molecular weight excluding hydrogens is 585 g/mol. The van der Waals surface area contributed by atoms with Gasteiger partial charge in [-0.2, -0.15) is 5.26 Å². The Balaban J connectivity index is 1.16. The zero-order chi connectivity index (χ0) is 32.1. The van der Waals surface area contributed by atoms with Crippen molar-refractivity contribution < 1.29 is 0 Å². The van der Waals surface area contributed by atoms with E-state index in [2.05, 4.69) is 103 Å². The summed E-state index contributed by atoms with van der Waals surface area (Å²) < 4.78 is 0. The molecule has 4 nitrogen and oxygen atoms in total. The third-order valence-electron chi connectivity index (χ3n) is 10.3. The van der Waals surface area contributed by atoms with Crippen molar-refractivity contribution in [2.24, 2.45) is 0 Å². The van der Waals surface area contributed by atoms with Gasteiger partial charge < -0.3 is 0 Å². The Kier molecular flexibility index (Phi) is 6.73. The summed E-state index contributed by atoms with van der Waals surface area (Å²) in [7, 11) is 0. The SMILES string of the molecule is N#Cc1ccc2c(c1)-c1c(-c3ccc(-c4nc(-c5ccccc5)nc(-c5ccc6ccccc6c5)n4)cc3)cccc1C21CCCCC1. The van der Waals surface area contributed by atoms with E-state index >= 15 is 0 Å². The van der Waals surface area contributed by atoms with E-state index in [4.69, 9.17) is 15.0 Å². The molecule has 0 bridgehead atoms. The van der Waals surface area contributed by atoms with E-state index in [1.807, 2.05) is 36.4 Å². The van der Waals surface area contributed by atoms with Crippen LogP contribution >= 0.6 is 0 Å². The van der Waals surface area contributed by atoms with E-state index in [-0.39, 0.29) is 5.41 Å². The minimum atomic E-state index is 0.0325. The fourth-order valence-electron chi connectivity index (χ4n) is 8.04. The highest BCUT2D eigenvalue weighted by molar-refractivity contribution is 5.93. The fraction of sp³-hybridized carbons (Fsp3) is 0.136. The van der Waals surface area contributed by atoms with E-state index < -0.39 is 0 Å². The molecule has 48 heavy (non-hydrogen) atoms. The van der Waals surface area contributed by atoms with Gasteiger partial charge >= 0.3 is 0 Å². The van der Waals surface area contributed by atoms with Crippen molar-refractivity contribution >= 4 is 10.8 Å². The van der Waals surface area contributed by atoms with Gasteiger partial charge in [0.05, 0.1) is 11.6 Å². The highest BCUT2D eigenvalue weighted by Gasteiger charge is 2.44. The molecule has 0 aliphatic heterocycles. The summed E-state index contributed by atoms with van der Waals surface area (Å²) in [6.45, 7) is 0. The topological polar surface area (TPSA) is 62.5 Å². The van der Waals surface area contributed by atoms with Crippen LogP contribution in [-0.4, -0.2) is 15.0 Å². The molecule has 0 radical (unpaired) electrons. The van der Waals surface area contributed by atoms with Crippen molar-refractivity contribution in [3.05, 3.63) is 150 Å². The summed E-state index contributed by atoms with van der Waals surface area (Å²) in [5.74, 6) is 1.94. The van der Waals surface area contributed by atoms with Gasteiger partial charge in [0, 0.05) is 22.1 Å². The van der Waals surface area contributed by atoms with Gasteiger partial charge in [-0.3, -0.25) is 0 Å². The van der Waals surface area contributed by atoms with Gasteiger partial charge in [-0.1, -0.05) is 135 Å². The largest absolute Gasteiger partial charge is 0.208 e. The monoisotopic (exact) mass is 616 g/mol. The normalized spacial score (nSPS) is 14.4. The lowest BCUT2D eigenvalue weighted by atomic mass is 9.67. The standard InChI is InChI=1S/C44H32N4/c45-28-29-16-23-38-37(26-29)40-36(14-9-15-39(40)44(38)24-7-2-8-25-44)31-18-20-33(21-19-31)42-46-41(32-11-3-1-4-12-32)47-43(48-42)35-22-17-30-10-5-6-13-34(30)27-35/h1,3-6,9-23,26-27H,2,7-8,24-25H2. The first-order chi connectivity index (χ1) is 23.7. The third kappa shape index (κ3) is 4.62. The van der Waals surface area contributed by atoms with E-state index in [1.54, 1.807) is 0 Å². The lowest BCUT2D eigenvalue weighted by Crippen LogP contribution is -2.28. The fourth-order valence-corrected chi connectivity index (χ4v) is 8.04. The number of nitriles is 1. The minimum Gasteiger partial charge on any atom is -0.208 e. The van der Waals surface area contributed by atoms with Crippen LogP contribution in [0.25, 0.3) is 67.2 Å². The molecule has 4 heteroatoms. The molecule has 228 valence electrons. The number of nitrogens with zero attached hydrogens (tertiary/aromatic N) is 4. The Morgan fingerprint density at radius 1 is 0.479 bits per heavy atom. The van der Waals surface area contributed by atoms with Crippen molar-refractivity contribution in [1.29, 1.82) is 5.26 Å². The predicted molar refractivity (Wildman–Crippen MR) is 193 cm³/mol. The van der Waals surface area contributed by atoms with Gasteiger partial charge in [-0.15, -0.1) is 0 Å². The quantitative estimate of drug-likeness (QED) is 0.197. The summed E-state index contributed by atoms with van der Waals surface area (Å²) in [6.07, 6.45) is 6.06. The van der Waals surface area contributed by atoms with E-state index in [1.165, 1.54) is 52.5 Å². The molecule has 1 spiro atoms. The van der Waals surface area contributed by atoms with Crippen LogP contribution in [0.2, 0.25) is 0 Å². The maximum absolute atomic E-state index is 9.81. The maximum Gasteiger partial charge on any atom is 0.164 e. The maximum atomic E-state index is 9.81. The Morgan fingerprint density at radius 2 is 1.12 bits per heavy atom. The lowest BCUT2D eigenvalue weighted by molar-refractivity contribution is 0.353. The highest BCUT2D eigenvalue weighted by Crippen LogP contribution is 2.58. The number of hydrogen-bond donors (Lipinski definition) is 0. The molecule has 1 aromatic heterocycles. The van der Waals surface area contributed by atoms with Gasteiger partial charge in [-0.25, -0.2) is 15.0 Å². The first-order valence-corrected chi connectivity index (χ1v) is 16.8. The summed E-state index contributed by atoms with van der Waals surface area (Å²) >= 11 is 0. The number of aromatic nitrogens is 3. The smallest absolute Gasteiger partial charge is 0.164 e. The van der Waals surface area contributed by atoms with Gasteiger partial charge in [0.25, 0.3) is 0 Å². The number of rotatable bonds is 4. The van der Waals surface area contributed by atoms with E-state index in [9.17, 15) is 5.26 Å². The summed E-state index contributed by atoms with van der Waals surface area (Å²) in [4.78, 5) is 14.9. The van der Waals surface area contributed by atoms with Crippen LogP contribution in [-0.2, 0) is 5.41 Å². The number of hydrogen-bond acceptors (Lipinski definition) is 4. The van der Waals surface area contributed by atoms with Crippen LogP contribution < -0.4 is 0 Å². The molecule has 9 rings (SSSR count). The highest BCUT2D eigenvalue weighted by atomic mass is 15.0. The molecule has 0 saturated heterocycles. The van der Waals surface area contributed by atoms with Crippen molar-refractivity contribution in [3.8, 4) is 62.5 Å². The van der Waals surface area contributed by atoms with Gasteiger partial charge in [0.15, 0.2) is 17.5 Å². The molecule has 2 aliphatic rings. The average molecular weight is 617 g/mol. The first-order valence-electron chi connectivity index (χ1n) is 16.8. The molecule has 1 heterocycles. The van der Waals surface area contributed by atoms with Crippen LogP contribution in [0, 0.1) is 11.3 Å². The molecule has 1 fully saturated rings. The molecule has 0 amide bonds. The Hall–Kier alpha value is -5.92. The lowest BCUT2D eigenvalue weighted by Gasteiger charge is -2.36. The first kappa shape index (κ1) is 28.3. The van der Waals surface area contributed by atoms with Gasteiger partial charge in [-0.05, 0) is 75.2 Å².